The maximum atomic E-state index is 12.2. The Morgan fingerprint density at radius 1 is 1.27 bits per heavy atom. The van der Waals surface area contributed by atoms with Gasteiger partial charge in [0.25, 0.3) is 0 Å². The number of carbonyl (C=O) groups excluding carboxylic acids is 1. The number of aryl methyl sites for hydroxylation is 1. The molecule has 1 fully saturated rings. The number of nitriles is 1. The van der Waals surface area contributed by atoms with Crippen molar-refractivity contribution in [2.24, 2.45) is 5.92 Å². The molecule has 1 aliphatic heterocycles. The molecule has 1 aromatic heterocycles. The van der Waals surface area contributed by atoms with Gasteiger partial charge in [-0.05, 0) is 50.3 Å². The van der Waals surface area contributed by atoms with Crippen molar-refractivity contribution in [2.45, 2.75) is 32.1 Å². The first-order chi connectivity index (χ1) is 14.1. The van der Waals surface area contributed by atoms with Crippen LogP contribution in [0.5, 0.6) is 0 Å². The van der Waals surface area contributed by atoms with Crippen LogP contribution in [-0.4, -0.2) is 36.0 Å². The van der Waals surface area contributed by atoms with Crippen LogP contribution < -0.4 is 21.3 Å². The van der Waals surface area contributed by atoms with Crippen LogP contribution in [0.1, 0.15) is 36.1 Å². The van der Waals surface area contributed by atoms with Crippen molar-refractivity contribution in [1.29, 1.82) is 5.26 Å². The van der Waals surface area contributed by atoms with Gasteiger partial charge in [-0.3, -0.25) is 4.79 Å². The highest BCUT2D eigenvalue weighted by atomic mass is 35.5. The van der Waals surface area contributed by atoms with E-state index in [1.165, 1.54) is 5.56 Å². The molecule has 0 radical (unpaired) electrons. The van der Waals surface area contributed by atoms with E-state index in [-0.39, 0.29) is 24.2 Å². The van der Waals surface area contributed by atoms with E-state index in [2.05, 4.69) is 21.6 Å². The Hall–Kier alpha value is -3.05. The zero-order chi connectivity index (χ0) is 20.4. The van der Waals surface area contributed by atoms with Crippen molar-refractivity contribution in [1.82, 2.24) is 15.3 Å². The van der Waals surface area contributed by atoms with Crippen LogP contribution in [0.4, 0.5) is 23.1 Å². The monoisotopic (exact) mass is 427 g/mol. The molecule has 1 atom stereocenters. The number of hydrogen-bond acceptors (Lipinski definition) is 7. The fourth-order valence-corrected chi connectivity index (χ4v) is 4.24. The fourth-order valence-electron chi connectivity index (χ4n) is 4.24. The van der Waals surface area contributed by atoms with Gasteiger partial charge >= 0.3 is 0 Å². The quantitative estimate of drug-likeness (QED) is 0.641. The Bertz CT molecular complexity index is 988. The number of benzene rings is 1. The van der Waals surface area contributed by atoms with E-state index in [1.54, 1.807) is 25.2 Å². The maximum absolute atomic E-state index is 12.2. The number of hydrogen-bond donors (Lipinski definition) is 3. The third kappa shape index (κ3) is 4.41. The number of amides is 1. The molecule has 0 saturated carbocycles. The second-order valence-electron chi connectivity index (χ2n) is 7.63. The van der Waals surface area contributed by atoms with E-state index in [9.17, 15) is 10.1 Å². The fraction of sp³-hybridized carbons (Fsp3) is 0.429. The SMILES string of the molecule is CNC(=O)C1CCCN(c2nc(Nc3cc(N)cc(C#N)c3)nc3c2CCC3)C1.Cl. The van der Waals surface area contributed by atoms with Gasteiger partial charge < -0.3 is 21.3 Å². The zero-order valence-corrected chi connectivity index (χ0v) is 17.8. The highest BCUT2D eigenvalue weighted by Crippen LogP contribution is 2.33. The average molecular weight is 428 g/mol. The first-order valence-corrected chi connectivity index (χ1v) is 10.0. The Kier molecular flexibility index (Phi) is 6.63. The van der Waals surface area contributed by atoms with Crippen LogP contribution in [0.15, 0.2) is 18.2 Å². The summed E-state index contributed by atoms with van der Waals surface area (Å²) in [5, 5.41) is 15.2. The normalized spacial score (nSPS) is 17.5. The summed E-state index contributed by atoms with van der Waals surface area (Å²) < 4.78 is 0. The van der Waals surface area contributed by atoms with Gasteiger partial charge in [0.05, 0.1) is 23.2 Å². The smallest absolute Gasteiger partial charge is 0.229 e. The molecule has 1 unspecified atom stereocenters. The Labute approximate surface area is 182 Å². The first-order valence-electron chi connectivity index (χ1n) is 10.0. The third-order valence-electron chi connectivity index (χ3n) is 5.59. The van der Waals surface area contributed by atoms with Crippen molar-refractivity contribution in [3.63, 3.8) is 0 Å². The molecule has 4 rings (SSSR count). The third-order valence-corrected chi connectivity index (χ3v) is 5.59. The summed E-state index contributed by atoms with van der Waals surface area (Å²) in [7, 11) is 1.69. The van der Waals surface area contributed by atoms with Gasteiger partial charge in [-0.15, -0.1) is 12.4 Å². The number of halogens is 1. The molecule has 9 heteroatoms. The number of piperidine rings is 1. The highest BCUT2D eigenvalue weighted by Gasteiger charge is 2.29. The van der Waals surface area contributed by atoms with E-state index in [1.807, 2.05) is 0 Å². The second kappa shape index (κ2) is 9.18. The number of fused-ring (bicyclic) bond motifs is 1. The molecule has 1 amide bonds. The van der Waals surface area contributed by atoms with Crippen LogP contribution >= 0.6 is 12.4 Å². The summed E-state index contributed by atoms with van der Waals surface area (Å²) in [4.78, 5) is 23.9. The summed E-state index contributed by atoms with van der Waals surface area (Å²) in [5.74, 6) is 1.48. The van der Waals surface area contributed by atoms with E-state index in [0.717, 1.165) is 50.2 Å². The van der Waals surface area contributed by atoms with Crippen LogP contribution in [0, 0.1) is 17.2 Å². The number of rotatable bonds is 4. The largest absolute Gasteiger partial charge is 0.399 e. The van der Waals surface area contributed by atoms with E-state index in [4.69, 9.17) is 15.7 Å². The van der Waals surface area contributed by atoms with E-state index >= 15 is 0 Å². The molecule has 1 saturated heterocycles. The zero-order valence-electron chi connectivity index (χ0n) is 16.9. The number of nitrogens with one attached hydrogen (secondary N) is 2. The molecular formula is C21H26ClN7O. The minimum absolute atomic E-state index is 0. The van der Waals surface area contributed by atoms with Gasteiger partial charge in [0, 0.05) is 37.1 Å². The van der Waals surface area contributed by atoms with Gasteiger partial charge in [0.1, 0.15) is 5.82 Å². The number of nitrogens with zero attached hydrogens (tertiary/aromatic N) is 4. The van der Waals surface area contributed by atoms with E-state index in [0.29, 0.717) is 29.4 Å². The maximum Gasteiger partial charge on any atom is 0.229 e. The number of nitrogens with two attached hydrogens (primary N) is 1. The van der Waals surface area contributed by atoms with Crippen molar-refractivity contribution < 1.29 is 4.79 Å². The summed E-state index contributed by atoms with van der Waals surface area (Å²) >= 11 is 0. The second-order valence-corrected chi connectivity index (χ2v) is 7.63. The van der Waals surface area contributed by atoms with Crippen molar-refractivity contribution >= 4 is 41.5 Å². The molecule has 30 heavy (non-hydrogen) atoms. The van der Waals surface area contributed by atoms with Crippen LogP contribution in [0.3, 0.4) is 0 Å². The lowest BCUT2D eigenvalue weighted by atomic mass is 9.97. The Morgan fingerprint density at radius 2 is 2.10 bits per heavy atom. The lowest BCUT2D eigenvalue weighted by Crippen LogP contribution is -2.43. The summed E-state index contributed by atoms with van der Waals surface area (Å²) in [6, 6.07) is 7.24. The standard InChI is InChI=1S/C21H25N7O.ClH/c1-24-20(29)14-4-3-7-28(12-14)19-17-5-2-6-18(17)26-21(27-19)25-16-9-13(11-22)8-15(23)10-16;/h8-10,14H,2-7,12,23H2,1H3,(H,24,29)(H,25,26,27);1H. The van der Waals surface area contributed by atoms with Crippen molar-refractivity contribution in [2.75, 3.05) is 36.1 Å². The highest BCUT2D eigenvalue weighted by molar-refractivity contribution is 5.85. The summed E-state index contributed by atoms with van der Waals surface area (Å²) in [6.07, 6.45) is 4.80. The molecule has 158 valence electrons. The summed E-state index contributed by atoms with van der Waals surface area (Å²) in [5.41, 5.74) is 9.84. The number of carbonyl (C=O) groups is 1. The Balaban J connectivity index is 0.00000256. The predicted molar refractivity (Wildman–Crippen MR) is 119 cm³/mol. The lowest BCUT2D eigenvalue weighted by molar-refractivity contribution is -0.124. The molecule has 1 aromatic carbocycles. The molecular weight excluding hydrogens is 402 g/mol. The minimum atomic E-state index is -0.0238. The summed E-state index contributed by atoms with van der Waals surface area (Å²) in [6.45, 7) is 1.55. The van der Waals surface area contributed by atoms with Gasteiger partial charge in [-0.2, -0.15) is 10.2 Å². The minimum Gasteiger partial charge on any atom is -0.399 e. The molecule has 2 heterocycles. The molecule has 2 aromatic rings. The van der Waals surface area contributed by atoms with Crippen LogP contribution in [0.25, 0.3) is 0 Å². The first kappa shape index (κ1) is 21.7. The van der Waals surface area contributed by atoms with Crippen LogP contribution in [0.2, 0.25) is 0 Å². The number of anilines is 4. The predicted octanol–water partition coefficient (Wildman–Crippen LogP) is 2.55. The van der Waals surface area contributed by atoms with E-state index < -0.39 is 0 Å². The van der Waals surface area contributed by atoms with Gasteiger partial charge in [0.15, 0.2) is 0 Å². The van der Waals surface area contributed by atoms with Gasteiger partial charge in [-0.25, -0.2) is 4.98 Å². The topological polar surface area (TPSA) is 120 Å². The molecule has 4 N–H and O–H groups in total. The van der Waals surface area contributed by atoms with Crippen molar-refractivity contribution in [3.05, 3.63) is 35.0 Å². The molecule has 1 aliphatic carbocycles. The molecule has 0 bridgehead atoms. The molecule has 8 nitrogen and oxygen atoms in total. The van der Waals surface area contributed by atoms with Gasteiger partial charge in [0.2, 0.25) is 11.9 Å². The number of aromatic nitrogens is 2. The van der Waals surface area contributed by atoms with Crippen molar-refractivity contribution in [3.8, 4) is 6.07 Å². The lowest BCUT2D eigenvalue weighted by Gasteiger charge is -2.34. The van der Waals surface area contributed by atoms with Crippen LogP contribution in [-0.2, 0) is 17.6 Å². The number of nitrogen functional groups attached to an aromatic ring is 1. The van der Waals surface area contributed by atoms with Gasteiger partial charge in [-0.1, -0.05) is 0 Å². The molecule has 0 spiro atoms. The molecule has 2 aliphatic rings. The Morgan fingerprint density at radius 3 is 2.87 bits per heavy atom. The average Bonchev–Trinajstić information content (AvgIpc) is 3.20.